The summed E-state index contributed by atoms with van der Waals surface area (Å²) in [5.41, 5.74) is 2.60. The SMILES string of the molecule is COc1ccc(/C=C/C2CC(=O)c3c(OCc4ccccc4)cccc3O2)cc1. The molecule has 0 aliphatic carbocycles. The zero-order valence-corrected chi connectivity index (χ0v) is 16.2. The molecule has 4 nitrogen and oxygen atoms in total. The fourth-order valence-electron chi connectivity index (χ4n) is 3.27. The van der Waals surface area contributed by atoms with Gasteiger partial charge in [0.1, 0.15) is 35.5 Å². The Labute approximate surface area is 170 Å². The molecule has 4 rings (SSSR count). The summed E-state index contributed by atoms with van der Waals surface area (Å²) in [5, 5.41) is 0. The molecule has 0 bridgehead atoms. The maximum absolute atomic E-state index is 12.8. The number of benzene rings is 3. The molecule has 0 amide bonds. The van der Waals surface area contributed by atoms with Gasteiger partial charge in [-0.15, -0.1) is 0 Å². The largest absolute Gasteiger partial charge is 0.497 e. The zero-order valence-electron chi connectivity index (χ0n) is 16.2. The van der Waals surface area contributed by atoms with Gasteiger partial charge in [-0.25, -0.2) is 0 Å². The molecule has 0 aromatic heterocycles. The van der Waals surface area contributed by atoms with Crippen LogP contribution in [-0.4, -0.2) is 19.0 Å². The third kappa shape index (κ3) is 4.49. The van der Waals surface area contributed by atoms with E-state index in [4.69, 9.17) is 14.2 Å². The number of fused-ring (bicyclic) bond motifs is 1. The molecular weight excluding hydrogens is 364 g/mol. The molecule has 4 heteroatoms. The van der Waals surface area contributed by atoms with Crippen LogP contribution in [0.5, 0.6) is 17.2 Å². The van der Waals surface area contributed by atoms with E-state index in [2.05, 4.69) is 0 Å². The summed E-state index contributed by atoms with van der Waals surface area (Å²) in [7, 11) is 1.64. The van der Waals surface area contributed by atoms with Gasteiger partial charge in [-0.1, -0.05) is 54.6 Å². The van der Waals surface area contributed by atoms with E-state index in [0.29, 0.717) is 23.7 Å². The van der Waals surface area contributed by atoms with Crippen LogP contribution < -0.4 is 14.2 Å². The molecule has 29 heavy (non-hydrogen) atoms. The molecule has 1 unspecified atom stereocenters. The quantitative estimate of drug-likeness (QED) is 0.575. The molecule has 0 saturated heterocycles. The van der Waals surface area contributed by atoms with Gasteiger partial charge in [0.05, 0.1) is 13.5 Å². The van der Waals surface area contributed by atoms with Crippen LogP contribution in [0.2, 0.25) is 0 Å². The Morgan fingerprint density at radius 1 is 1.00 bits per heavy atom. The molecule has 0 fully saturated rings. The van der Waals surface area contributed by atoms with Crippen molar-refractivity contribution in [1.82, 2.24) is 0 Å². The average molecular weight is 386 g/mol. The fraction of sp³-hybridized carbons (Fsp3) is 0.160. The Morgan fingerprint density at radius 2 is 1.79 bits per heavy atom. The van der Waals surface area contributed by atoms with Crippen LogP contribution in [-0.2, 0) is 6.61 Å². The van der Waals surface area contributed by atoms with Crippen molar-refractivity contribution in [2.75, 3.05) is 7.11 Å². The Kier molecular flexibility index (Phi) is 5.61. The Balaban J connectivity index is 1.47. The van der Waals surface area contributed by atoms with Gasteiger partial charge in [-0.3, -0.25) is 4.79 Å². The van der Waals surface area contributed by atoms with Gasteiger partial charge in [-0.05, 0) is 41.5 Å². The first-order valence-electron chi connectivity index (χ1n) is 9.55. The molecule has 3 aromatic rings. The van der Waals surface area contributed by atoms with Crippen LogP contribution in [0.4, 0.5) is 0 Å². The summed E-state index contributed by atoms with van der Waals surface area (Å²) in [6.07, 6.45) is 3.85. The minimum absolute atomic E-state index is 0.0271. The molecular formula is C25H22O4. The second-order valence-corrected chi connectivity index (χ2v) is 6.82. The smallest absolute Gasteiger partial charge is 0.174 e. The standard InChI is InChI=1S/C25H22O4/c1-27-20-13-10-18(11-14-20)12-15-21-16-22(26)25-23(8-5-9-24(25)29-21)28-17-19-6-3-2-4-7-19/h2-15,21H,16-17H2,1H3/b15-12+. The number of ether oxygens (including phenoxy) is 3. The second-order valence-electron chi connectivity index (χ2n) is 6.82. The van der Waals surface area contributed by atoms with E-state index in [9.17, 15) is 4.79 Å². The normalized spacial score (nSPS) is 15.6. The van der Waals surface area contributed by atoms with Crippen LogP contribution in [0.1, 0.15) is 27.9 Å². The molecule has 1 aliphatic heterocycles. The highest BCUT2D eigenvalue weighted by Crippen LogP contribution is 2.35. The lowest BCUT2D eigenvalue weighted by molar-refractivity contribution is 0.0887. The summed E-state index contributed by atoms with van der Waals surface area (Å²) in [4.78, 5) is 12.8. The van der Waals surface area contributed by atoms with E-state index in [1.807, 2.05) is 84.9 Å². The molecule has 1 atom stereocenters. The number of hydrogen-bond acceptors (Lipinski definition) is 4. The van der Waals surface area contributed by atoms with E-state index in [0.717, 1.165) is 16.9 Å². The van der Waals surface area contributed by atoms with Gasteiger partial charge in [-0.2, -0.15) is 0 Å². The van der Waals surface area contributed by atoms with E-state index < -0.39 is 0 Å². The molecule has 0 spiro atoms. The monoisotopic (exact) mass is 386 g/mol. The van der Waals surface area contributed by atoms with Crippen molar-refractivity contribution < 1.29 is 19.0 Å². The minimum atomic E-state index is -0.304. The van der Waals surface area contributed by atoms with Gasteiger partial charge in [0.25, 0.3) is 0 Å². The number of Topliss-reactive ketones (excluding diaryl/α,β-unsaturated/α-hetero) is 1. The van der Waals surface area contributed by atoms with Crippen molar-refractivity contribution in [2.24, 2.45) is 0 Å². The lowest BCUT2D eigenvalue weighted by Gasteiger charge is -2.24. The van der Waals surface area contributed by atoms with Crippen molar-refractivity contribution in [2.45, 2.75) is 19.1 Å². The fourth-order valence-corrected chi connectivity index (χ4v) is 3.27. The number of ketones is 1. The highest BCUT2D eigenvalue weighted by atomic mass is 16.5. The van der Waals surface area contributed by atoms with Crippen molar-refractivity contribution >= 4 is 11.9 Å². The lowest BCUT2D eigenvalue weighted by atomic mass is 9.99. The number of hydrogen-bond donors (Lipinski definition) is 0. The Bertz CT molecular complexity index is 1010. The summed E-state index contributed by atoms with van der Waals surface area (Å²) in [5.74, 6) is 1.97. The van der Waals surface area contributed by atoms with E-state index in [1.165, 1.54) is 0 Å². The second kappa shape index (κ2) is 8.65. The first kappa shape index (κ1) is 18.8. The summed E-state index contributed by atoms with van der Waals surface area (Å²) >= 11 is 0. The topological polar surface area (TPSA) is 44.8 Å². The lowest BCUT2D eigenvalue weighted by Crippen LogP contribution is -2.25. The molecule has 146 valence electrons. The predicted octanol–water partition coefficient (Wildman–Crippen LogP) is 5.32. The minimum Gasteiger partial charge on any atom is -0.497 e. The number of carbonyl (C=O) groups excluding carboxylic acids is 1. The van der Waals surface area contributed by atoms with Crippen LogP contribution >= 0.6 is 0 Å². The van der Waals surface area contributed by atoms with Gasteiger partial charge >= 0.3 is 0 Å². The van der Waals surface area contributed by atoms with Gasteiger partial charge in [0.15, 0.2) is 5.78 Å². The van der Waals surface area contributed by atoms with E-state index in [1.54, 1.807) is 7.11 Å². The summed E-state index contributed by atoms with van der Waals surface area (Å²) in [6.45, 7) is 0.408. The highest BCUT2D eigenvalue weighted by Gasteiger charge is 2.28. The maximum atomic E-state index is 12.8. The molecule has 1 heterocycles. The average Bonchev–Trinajstić information content (AvgIpc) is 2.77. The highest BCUT2D eigenvalue weighted by molar-refractivity contribution is 6.02. The number of carbonyl (C=O) groups is 1. The molecule has 0 N–H and O–H groups in total. The van der Waals surface area contributed by atoms with Crippen molar-refractivity contribution in [3.05, 3.63) is 95.6 Å². The van der Waals surface area contributed by atoms with Crippen LogP contribution in [0, 0.1) is 0 Å². The molecule has 0 saturated carbocycles. The number of rotatable bonds is 6. The third-order valence-corrected chi connectivity index (χ3v) is 4.79. The molecule has 1 aliphatic rings. The van der Waals surface area contributed by atoms with Crippen molar-refractivity contribution in [3.8, 4) is 17.2 Å². The summed E-state index contributed by atoms with van der Waals surface area (Å²) in [6, 6.07) is 23.1. The van der Waals surface area contributed by atoms with E-state index in [-0.39, 0.29) is 18.3 Å². The van der Waals surface area contributed by atoms with Gasteiger partial charge in [0, 0.05) is 0 Å². The first-order valence-corrected chi connectivity index (χ1v) is 9.55. The molecule has 3 aromatic carbocycles. The van der Waals surface area contributed by atoms with Crippen LogP contribution in [0.15, 0.2) is 78.9 Å². The van der Waals surface area contributed by atoms with Crippen LogP contribution in [0.3, 0.4) is 0 Å². The van der Waals surface area contributed by atoms with E-state index >= 15 is 0 Å². The predicted molar refractivity (Wildman–Crippen MR) is 113 cm³/mol. The zero-order chi connectivity index (χ0) is 20.1. The molecule has 0 radical (unpaired) electrons. The third-order valence-electron chi connectivity index (χ3n) is 4.79. The van der Waals surface area contributed by atoms with Gasteiger partial charge < -0.3 is 14.2 Å². The van der Waals surface area contributed by atoms with Gasteiger partial charge in [0.2, 0.25) is 0 Å². The Hall–Kier alpha value is -3.53. The summed E-state index contributed by atoms with van der Waals surface area (Å²) < 4.78 is 17.1. The Morgan fingerprint density at radius 3 is 2.55 bits per heavy atom. The van der Waals surface area contributed by atoms with Crippen molar-refractivity contribution in [1.29, 1.82) is 0 Å². The first-order chi connectivity index (χ1) is 14.2. The maximum Gasteiger partial charge on any atom is 0.174 e. The van der Waals surface area contributed by atoms with Crippen LogP contribution in [0.25, 0.3) is 6.08 Å². The number of methoxy groups -OCH3 is 1. The van der Waals surface area contributed by atoms with Crippen molar-refractivity contribution in [3.63, 3.8) is 0 Å².